The maximum atomic E-state index is 14.0. The van der Waals surface area contributed by atoms with Crippen molar-refractivity contribution in [3.8, 4) is 11.4 Å². The standard InChI is InChI=1S/C19H18BrFN4OS/c1-12(13-7-9-14(20)10-8-13)22-17(26)11-27-19-24-23-18(25(19)2)15-5-3-4-6-16(15)21/h3-10,12H,11H2,1-2H3,(H,22,26). The Morgan fingerprint density at radius 2 is 1.93 bits per heavy atom. The summed E-state index contributed by atoms with van der Waals surface area (Å²) in [6.07, 6.45) is 0. The molecule has 0 saturated heterocycles. The number of hydrogen-bond donors (Lipinski definition) is 1. The van der Waals surface area contributed by atoms with Crippen LogP contribution in [0.2, 0.25) is 0 Å². The van der Waals surface area contributed by atoms with Crippen molar-refractivity contribution < 1.29 is 9.18 Å². The Bertz CT molecular complexity index is 945. The summed E-state index contributed by atoms with van der Waals surface area (Å²) >= 11 is 4.66. The molecular weight excluding hydrogens is 431 g/mol. The number of rotatable bonds is 6. The fourth-order valence-corrected chi connectivity index (χ4v) is 3.55. The minimum atomic E-state index is -0.356. The number of carbonyl (C=O) groups is 1. The van der Waals surface area contributed by atoms with Gasteiger partial charge in [0, 0.05) is 11.5 Å². The van der Waals surface area contributed by atoms with Crippen LogP contribution in [0.15, 0.2) is 58.2 Å². The third-order valence-corrected chi connectivity index (χ3v) is 5.58. The summed E-state index contributed by atoms with van der Waals surface area (Å²) in [5.41, 5.74) is 1.41. The molecule has 0 saturated carbocycles. The molecule has 0 radical (unpaired) electrons. The van der Waals surface area contributed by atoms with E-state index in [1.165, 1.54) is 17.8 Å². The van der Waals surface area contributed by atoms with Crippen LogP contribution >= 0.6 is 27.7 Å². The smallest absolute Gasteiger partial charge is 0.230 e. The molecule has 0 aliphatic rings. The van der Waals surface area contributed by atoms with Crippen molar-refractivity contribution in [2.75, 3.05) is 5.75 Å². The quantitative estimate of drug-likeness (QED) is 0.569. The Morgan fingerprint density at radius 3 is 2.63 bits per heavy atom. The average Bonchev–Trinajstić information content (AvgIpc) is 3.01. The zero-order chi connectivity index (χ0) is 19.4. The first-order valence-electron chi connectivity index (χ1n) is 8.27. The first kappa shape index (κ1) is 19.6. The lowest BCUT2D eigenvalue weighted by molar-refractivity contribution is -0.119. The number of amides is 1. The SMILES string of the molecule is CC(NC(=O)CSc1nnc(-c2ccccc2F)n1C)c1ccc(Br)cc1. The monoisotopic (exact) mass is 448 g/mol. The fraction of sp³-hybridized carbons (Fsp3) is 0.211. The Labute approximate surface area is 169 Å². The van der Waals surface area contributed by atoms with Crippen LogP contribution in [-0.4, -0.2) is 26.4 Å². The first-order valence-corrected chi connectivity index (χ1v) is 10.1. The summed E-state index contributed by atoms with van der Waals surface area (Å²) in [4.78, 5) is 12.3. The predicted molar refractivity (Wildman–Crippen MR) is 108 cm³/mol. The lowest BCUT2D eigenvalue weighted by Crippen LogP contribution is -2.28. The van der Waals surface area contributed by atoms with Crippen LogP contribution in [0.3, 0.4) is 0 Å². The van der Waals surface area contributed by atoms with Crippen molar-refractivity contribution in [1.29, 1.82) is 0 Å². The van der Waals surface area contributed by atoms with Gasteiger partial charge < -0.3 is 9.88 Å². The topological polar surface area (TPSA) is 59.8 Å². The zero-order valence-electron chi connectivity index (χ0n) is 14.8. The number of benzene rings is 2. The van der Waals surface area contributed by atoms with Gasteiger partial charge in [-0.25, -0.2) is 4.39 Å². The number of halogens is 2. The van der Waals surface area contributed by atoms with Crippen molar-refractivity contribution >= 4 is 33.6 Å². The van der Waals surface area contributed by atoms with Crippen LogP contribution in [0.4, 0.5) is 4.39 Å². The van der Waals surface area contributed by atoms with Crippen molar-refractivity contribution in [1.82, 2.24) is 20.1 Å². The highest BCUT2D eigenvalue weighted by atomic mass is 79.9. The van der Waals surface area contributed by atoms with E-state index in [4.69, 9.17) is 0 Å². The van der Waals surface area contributed by atoms with E-state index in [1.54, 1.807) is 29.8 Å². The number of aromatic nitrogens is 3. The molecule has 1 unspecified atom stereocenters. The highest BCUT2D eigenvalue weighted by Crippen LogP contribution is 2.24. The van der Waals surface area contributed by atoms with Gasteiger partial charge in [-0.1, -0.05) is 52.0 Å². The zero-order valence-corrected chi connectivity index (χ0v) is 17.2. The van der Waals surface area contributed by atoms with Crippen LogP contribution in [0, 0.1) is 5.82 Å². The van der Waals surface area contributed by atoms with Crippen LogP contribution in [-0.2, 0) is 11.8 Å². The molecule has 8 heteroatoms. The van der Waals surface area contributed by atoms with Crippen molar-refractivity contribution in [2.45, 2.75) is 18.1 Å². The number of nitrogens with one attached hydrogen (secondary N) is 1. The Hall–Kier alpha value is -2.19. The summed E-state index contributed by atoms with van der Waals surface area (Å²) in [6, 6.07) is 14.1. The van der Waals surface area contributed by atoms with Gasteiger partial charge in [0.25, 0.3) is 0 Å². The van der Waals surface area contributed by atoms with Gasteiger partial charge in [0.2, 0.25) is 5.91 Å². The Morgan fingerprint density at radius 1 is 1.22 bits per heavy atom. The second-order valence-corrected chi connectivity index (χ2v) is 7.83. The van der Waals surface area contributed by atoms with E-state index in [9.17, 15) is 9.18 Å². The second kappa shape index (κ2) is 8.67. The fourth-order valence-electron chi connectivity index (χ4n) is 2.57. The molecule has 3 aromatic rings. The summed E-state index contributed by atoms with van der Waals surface area (Å²) < 4.78 is 16.6. The minimum Gasteiger partial charge on any atom is -0.349 e. The van der Waals surface area contributed by atoms with Gasteiger partial charge >= 0.3 is 0 Å². The molecule has 3 rings (SSSR count). The lowest BCUT2D eigenvalue weighted by Gasteiger charge is -2.14. The van der Waals surface area contributed by atoms with E-state index in [2.05, 4.69) is 31.4 Å². The Balaban J connectivity index is 1.61. The number of hydrogen-bond acceptors (Lipinski definition) is 4. The van der Waals surface area contributed by atoms with Crippen molar-refractivity contribution in [3.63, 3.8) is 0 Å². The highest BCUT2D eigenvalue weighted by Gasteiger charge is 2.16. The second-order valence-electron chi connectivity index (χ2n) is 5.97. The molecular formula is C19H18BrFN4OS. The lowest BCUT2D eigenvalue weighted by atomic mass is 10.1. The molecule has 5 nitrogen and oxygen atoms in total. The average molecular weight is 449 g/mol. The van der Waals surface area contributed by atoms with Crippen LogP contribution in [0.25, 0.3) is 11.4 Å². The first-order chi connectivity index (χ1) is 13.0. The molecule has 27 heavy (non-hydrogen) atoms. The third-order valence-electron chi connectivity index (χ3n) is 4.03. The highest BCUT2D eigenvalue weighted by molar-refractivity contribution is 9.10. The van der Waals surface area contributed by atoms with Gasteiger partial charge in [-0.3, -0.25) is 4.79 Å². The molecule has 1 atom stereocenters. The van der Waals surface area contributed by atoms with Crippen LogP contribution in [0.1, 0.15) is 18.5 Å². The van der Waals surface area contributed by atoms with Gasteiger partial charge in [0.15, 0.2) is 11.0 Å². The molecule has 1 aromatic heterocycles. The normalized spacial score (nSPS) is 12.0. The van der Waals surface area contributed by atoms with Crippen LogP contribution in [0.5, 0.6) is 0 Å². The summed E-state index contributed by atoms with van der Waals surface area (Å²) in [5, 5.41) is 11.6. The summed E-state index contributed by atoms with van der Waals surface area (Å²) in [5.74, 6) is 0.167. The van der Waals surface area contributed by atoms with Gasteiger partial charge in [0.05, 0.1) is 17.4 Å². The van der Waals surface area contributed by atoms with E-state index in [0.29, 0.717) is 16.5 Å². The predicted octanol–water partition coefficient (Wildman–Crippen LogP) is 4.35. The molecule has 140 valence electrons. The number of carbonyl (C=O) groups excluding carboxylic acids is 1. The van der Waals surface area contributed by atoms with E-state index < -0.39 is 0 Å². The largest absolute Gasteiger partial charge is 0.349 e. The maximum absolute atomic E-state index is 14.0. The number of nitrogens with zero attached hydrogens (tertiary/aromatic N) is 3. The van der Waals surface area contributed by atoms with E-state index in [-0.39, 0.29) is 23.5 Å². The Kier molecular flexibility index (Phi) is 6.28. The van der Waals surface area contributed by atoms with Crippen molar-refractivity contribution in [2.24, 2.45) is 7.05 Å². The molecule has 1 heterocycles. The third kappa shape index (κ3) is 4.75. The van der Waals surface area contributed by atoms with Gasteiger partial charge in [0.1, 0.15) is 5.82 Å². The molecule has 0 aliphatic heterocycles. The van der Waals surface area contributed by atoms with Gasteiger partial charge in [-0.15, -0.1) is 10.2 Å². The minimum absolute atomic E-state index is 0.0975. The summed E-state index contributed by atoms with van der Waals surface area (Å²) in [7, 11) is 1.76. The molecule has 1 amide bonds. The van der Waals surface area contributed by atoms with E-state index in [0.717, 1.165) is 10.0 Å². The molecule has 0 aliphatic carbocycles. The maximum Gasteiger partial charge on any atom is 0.230 e. The van der Waals surface area contributed by atoms with Crippen LogP contribution < -0.4 is 5.32 Å². The van der Waals surface area contributed by atoms with Gasteiger partial charge in [-0.2, -0.15) is 0 Å². The molecule has 0 bridgehead atoms. The summed E-state index contributed by atoms with van der Waals surface area (Å²) in [6.45, 7) is 1.93. The van der Waals surface area contributed by atoms with E-state index >= 15 is 0 Å². The molecule has 2 aromatic carbocycles. The molecule has 0 spiro atoms. The van der Waals surface area contributed by atoms with E-state index in [1.807, 2.05) is 31.2 Å². The molecule has 0 fully saturated rings. The van der Waals surface area contributed by atoms with Gasteiger partial charge in [-0.05, 0) is 36.8 Å². The number of thioether (sulfide) groups is 1. The van der Waals surface area contributed by atoms with Crippen molar-refractivity contribution in [3.05, 3.63) is 64.4 Å². The molecule has 1 N–H and O–H groups in total.